The van der Waals surface area contributed by atoms with Gasteiger partial charge in [-0.1, -0.05) is 6.07 Å². The predicted molar refractivity (Wildman–Crippen MR) is 84.4 cm³/mol. The zero-order valence-corrected chi connectivity index (χ0v) is 12.8. The standard InChI is InChI=1S/C17H12FN3O4/c18-12-7-10(21-6-2-1-3-14(21)22)4-5-13(12)20-15(23)11-8-17(11,9-19)16(24)25/h1-7,11H,8H2,(H,20,23)(H,24,25)/t11-,17-/m1/s1. The van der Waals surface area contributed by atoms with Crippen molar-refractivity contribution in [3.8, 4) is 11.8 Å². The van der Waals surface area contributed by atoms with Gasteiger partial charge in [-0.15, -0.1) is 0 Å². The molecule has 1 fully saturated rings. The molecular formula is C17H12FN3O4. The fourth-order valence-electron chi connectivity index (χ4n) is 2.60. The highest BCUT2D eigenvalue weighted by atomic mass is 19.1. The monoisotopic (exact) mass is 341 g/mol. The van der Waals surface area contributed by atoms with Crippen LogP contribution < -0.4 is 10.9 Å². The van der Waals surface area contributed by atoms with Crippen molar-refractivity contribution in [1.82, 2.24) is 4.57 Å². The second-order valence-electron chi connectivity index (χ2n) is 5.71. The Kier molecular flexibility index (Phi) is 3.85. The lowest BCUT2D eigenvalue weighted by Gasteiger charge is -2.10. The highest BCUT2D eigenvalue weighted by Gasteiger charge is 2.65. The van der Waals surface area contributed by atoms with E-state index in [1.165, 1.54) is 29.0 Å². The Morgan fingerprint density at radius 2 is 2.12 bits per heavy atom. The van der Waals surface area contributed by atoms with E-state index < -0.39 is 29.0 Å². The number of carbonyl (C=O) groups is 2. The minimum absolute atomic E-state index is 0.107. The van der Waals surface area contributed by atoms with E-state index in [1.54, 1.807) is 18.2 Å². The maximum absolute atomic E-state index is 14.2. The number of nitrogens with zero attached hydrogens (tertiary/aromatic N) is 2. The van der Waals surface area contributed by atoms with Crippen LogP contribution in [0.25, 0.3) is 5.69 Å². The van der Waals surface area contributed by atoms with Gasteiger partial charge in [0, 0.05) is 18.3 Å². The normalized spacial score (nSPS) is 21.2. The number of carboxylic acids is 1. The molecule has 1 amide bonds. The molecule has 2 N–H and O–H groups in total. The molecule has 0 saturated heterocycles. The van der Waals surface area contributed by atoms with Crippen molar-refractivity contribution in [3.05, 3.63) is 58.8 Å². The number of halogens is 1. The van der Waals surface area contributed by atoms with Crippen molar-refractivity contribution in [2.45, 2.75) is 6.42 Å². The Bertz CT molecular complexity index is 978. The largest absolute Gasteiger partial charge is 0.480 e. The lowest BCUT2D eigenvalue weighted by molar-refractivity contribution is -0.142. The summed E-state index contributed by atoms with van der Waals surface area (Å²) in [7, 11) is 0. The Hall–Kier alpha value is -3.47. The lowest BCUT2D eigenvalue weighted by Crippen LogP contribution is -2.23. The molecule has 1 aliphatic carbocycles. The van der Waals surface area contributed by atoms with Crippen LogP contribution in [-0.2, 0) is 9.59 Å². The van der Waals surface area contributed by atoms with Crippen LogP contribution in [0.1, 0.15) is 6.42 Å². The van der Waals surface area contributed by atoms with Gasteiger partial charge in [0.15, 0.2) is 5.41 Å². The van der Waals surface area contributed by atoms with Crippen LogP contribution in [0.3, 0.4) is 0 Å². The predicted octanol–water partition coefficient (Wildman–Crippen LogP) is 1.53. The number of carbonyl (C=O) groups excluding carboxylic acids is 1. The molecule has 2 aromatic rings. The SMILES string of the molecule is N#C[C@]1(C(=O)O)C[C@@H]1C(=O)Nc1ccc(-n2ccccc2=O)cc1F. The smallest absolute Gasteiger partial charge is 0.324 e. The third-order valence-electron chi connectivity index (χ3n) is 4.17. The van der Waals surface area contributed by atoms with Crippen molar-refractivity contribution in [2.75, 3.05) is 5.32 Å². The molecule has 7 nitrogen and oxygen atoms in total. The Balaban J connectivity index is 1.81. The summed E-state index contributed by atoms with van der Waals surface area (Å²) in [4.78, 5) is 34.9. The summed E-state index contributed by atoms with van der Waals surface area (Å²) in [6.45, 7) is 0. The number of nitrogens with one attached hydrogen (secondary N) is 1. The van der Waals surface area contributed by atoms with Crippen LogP contribution in [0.4, 0.5) is 10.1 Å². The van der Waals surface area contributed by atoms with E-state index in [0.717, 1.165) is 6.07 Å². The minimum Gasteiger partial charge on any atom is -0.480 e. The van der Waals surface area contributed by atoms with Crippen molar-refractivity contribution >= 4 is 17.6 Å². The third kappa shape index (κ3) is 2.76. The fraction of sp³-hybridized carbons (Fsp3) is 0.176. The van der Waals surface area contributed by atoms with Crippen LogP contribution >= 0.6 is 0 Å². The number of aromatic nitrogens is 1. The molecular weight excluding hydrogens is 329 g/mol. The fourth-order valence-corrected chi connectivity index (χ4v) is 2.60. The van der Waals surface area contributed by atoms with Gasteiger partial charge in [0.25, 0.3) is 5.56 Å². The van der Waals surface area contributed by atoms with Crippen LogP contribution in [0.5, 0.6) is 0 Å². The number of amides is 1. The number of hydrogen-bond donors (Lipinski definition) is 2. The zero-order chi connectivity index (χ0) is 18.2. The quantitative estimate of drug-likeness (QED) is 0.876. The van der Waals surface area contributed by atoms with Gasteiger partial charge in [-0.05, 0) is 24.6 Å². The number of rotatable bonds is 4. The Morgan fingerprint density at radius 1 is 1.36 bits per heavy atom. The van der Waals surface area contributed by atoms with E-state index in [4.69, 9.17) is 10.4 Å². The first-order valence-corrected chi connectivity index (χ1v) is 7.32. The van der Waals surface area contributed by atoms with E-state index >= 15 is 0 Å². The molecule has 25 heavy (non-hydrogen) atoms. The van der Waals surface area contributed by atoms with Crippen molar-refractivity contribution < 1.29 is 19.1 Å². The lowest BCUT2D eigenvalue weighted by atomic mass is 10.1. The molecule has 1 aromatic carbocycles. The molecule has 0 spiro atoms. The first-order valence-electron chi connectivity index (χ1n) is 7.32. The maximum atomic E-state index is 14.2. The number of carboxylic acid groups (broad SMARTS) is 1. The Labute approximate surface area is 140 Å². The number of aliphatic carboxylic acids is 1. The summed E-state index contributed by atoms with van der Waals surface area (Å²) in [6.07, 6.45) is 1.37. The highest BCUT2D eigenvalue weighted by Crippen LogP contribution is 2.52. The van der Waals surface area contributed by atoms with Gasteiger partial charge in [0.1, 0.15) is 5.82 Å². The summed E-state index contributed by atoms with van der Waals surface area (Å²) in [6, 6.07) is 9.94. The molecule has 126 valence electrons. The topological polar surface area (TPSA) is 112 Å². The Morgan fingerprint density at radius 3 is 2.68 bits per heavy atom. The van der Waals surface area contributed by atoms with Gasteiger partial charge in [-0.2, -0.15) is 5.26 Å². The molecule has 1 heterocycles. The van der Waals surface area contributed by atoms with Gasteiger partial charge in [0.2, 0.25) is 5.91 Å². The van der Waals surface area contributed by atoms with Gasteiger partial charge in [-0.25, -0.2) is 4.39 Å². The van der Waals surface area contributed by atoms with E-state index in [2.05, 4.69) is 5.32 Å². The number of hydrogen-bond acceptors (Lipinski definition) is 4. The molecule has 8 heteroatoms. The van der Waals surface area contributed by atoms with E-state index in [9.17, 15) is 18.8 Å². The van der Waals surface area contributed by atoms with E-state index in [0.29, 0.717) is 0 Å². The molecule has 3 rings (SSSR count). The summed E-state index contributed by atoms with van der Waals surface area (Å²) < 4.78 is 15.5. The van der Waals surface area contributed by atoms with Crippen LogP contribution in [0.2, 0.25) is 0 Å². The average Bonchev–Trinajstić information content (AvgIpc) is 3.34. The average molecular weight is 341 g/mol. The molecule has 0 bridgehead atoms. The van der Waals surface area contributed by atoms with Gasteiger partial charge < -0.3 is 10.4 Å². The van der Waals surface area contributed by atoms with Crippen LogP contribution in [0, 0.1) is 28.5 Å². The van der Waals surface area contributed by atoms with Gasteiger partial charge in [-0.3, -0.25) is 19.0 Å². The molecule has 2 atom stereocenters. The summed E-state index contributed by atoms with van der Waals surface area (Å²) in [5.74, 6) is -3.90. The zero-order valence-electron chi connectivity index (χ0n) is 12.8. The minimum atomic E-state index is -1.74. The molecule has 1 aromatic heterocycles. The van der Waals surface area contributed by atoms with E-state index in [-0.39, 0.29) is 23.4 Å². The van der Waals surface area contributed by atoms with E-state index in [1.807, 2.05) is 0 Å². The van der Waals surface area contributed by atoms with Gasteiger partial charge in [0.05, 0.1) is 23.4 Å². The summed E-state index contributed by atoms with van der Waals surface area (Å²) in [5.41, 5.74) is -1.94. The first-order chi connectivity index (χ1) is 11.9. The number of nitriles is 1. The number of anilines is 1. The van der Waals surface area contributed by atoms with Crippen molar-refractivity contribution in [1.29, 1.82) is 5.26 Å². The summed E-state index contributed by atoms with van der Waals surface area (Å²) in [5, 5.41) is 20.3. The highest BCUT2D eigenvalue weighted by molar-refractivity contribution is 6.01. The second-order valence-corrected chi connectivity index (χ2v) is 5.71. The molecule has 0 unspecified atom stereocenters. The second kappa shape index (κ2) is 5.87. The van der Waals surface area contributed by atoms with Crippen molar-refractivity contribution in [3.63, 3.8) is 0 Å². The van der Waals surface area contributed by atoms with Gasteiger partial charge >= 0.3 is 5.97 Å². The molecule has 0 radical (unpaired) electrons. The van der Waals surface area contributed by atoms with Crippen molar-refractivity contribution in [2.24, 2.45) is 11.3 Å². The number of pyridine rings is 1. The first kappa shape index (κ1) is 16.4. The molecule has 1 saturated carbocycles. The molecule has 1 aliphatic rings. The van der Waals surface area contributed by atoms with Crippen LogP contribution in [-0.4, -0.2) is 21.6 Å². The maximum Gasteiger partial charge on any atom is 0.324 e. The number of benzene rings is 1. The molecule has 0 aliphatic heterocycles. The van der Waals surface area contributed by atoms with Crippen LogP contribution in [0.15, 0.2) is 47.4 Å². The summed E-state index contributed by atoms with van der Waals surface area (Å²) >= 11 is 0. The third-order valence-corrected chi connectivity index (χ3v) is 4.17.